The van der Waals surface area contributed by atoms with Gasteiger partial charge in [0.15, 0.2) is 0 Å². The Morgan fingerprint density at radius 2 is 0.911 bits per heavy atom. The molecule has 11 rings (SSSR count). The summed E-state index contributed by atoms with van der Waals surface area (Å²) in [7, 11) is 0. The van der Waals surface area contributed by atoms with Crippen molar-refractivity contribution in [1.82, 2.24) is 9.13 Å². The minimum atomic E-state index is 0.452. The monoisotopic (exact) mass is 712 g/mol. The zero-order valence-electron chi connectivity index (χ0n) is 30.2. The SMILES string of the molecule is N#Cc1ccc(-n2c3ccc(-c4ccccc4)cc3c3c4ccccc4ccc32)c(-n2c3ccc(-c4ccccc4)cc3c3c4ccccc4ccc32)c1C=N. The Hall–Kier alpha value is -7.74. The van der Waals surface area contributed by atoms with Crippen LogP contribution in [0.1, 0.15) is 11.1 Å². The summed E-state index contributed by atoms with van der Waals surface area (Å²) in [5, 5.41) is 28.7. The van der Waals surface area contributed by atoms with E-state index in [0.717, 1.165) is 82.6 Å². The van der Waals surface area contributed by atoms with Crippen LogP contribution in [-0.4, -0.2) is 15.3 Å². The first-order chi connectivity index (χ1) is 27.7. The van der Waals surface area contributed by atoms with E-state index < -0.39 is 0 Å². The fraction of sp³-hybridized carbons (Fsp3) is 0. The average Bonchev–Trinajstić information content (AvgIpc) is 3.78. The molecule has 2 heterocycles. The van der Waals surface area contributed by atoms with Crippen LogP contribution >= 0.6 is 0 Å². The van der Waals surface area contributed by atoms with Gasteiger partial charge in [0.1, 0.15) is 0 Å². The lowest BCUT2D eigenvalue weighted by Crippen LogP contribution is -2.08. The molecule has 9 aromatic carbocycles. The van der Waals surface area contributed by atoms with Gasteiger partial charge in [-0.25, -0.2) is 0 Å². The van der Waals surface area contributed by atoms with E-state index in [9.17, 15) is 5.26 Å². The third-order valence-corrected chi connectivity index (χ3v) is 11.4. The molecule has 0 radical (unpaired) electrons. The number of nitriles is 1. The van der Waals surface area contributed by atoms with Crippen LogP contribution in [0.25, 0.3) is 98.8 Å². The molecule has 11 aromatic rings. The van der Waals surface area contributed by atoms with E-state index in [4.69, 9.17) is 5.41 Å². The fourth-order valence-corrected chi connectivity index (χ4v) is 8.96. The molecule has 0 bridgehead atoms. The topological polar surface area (TPSA) is 57.5 Å². The summed E-state index contributed by atoms with van der Waals surface area (Å²) in [6, 6.07) is 66.7. The van der Waals surface area contributed by atoms with E-state index >= 15 is 0 Å². The highest BCUT2D eigenvalue weighted by atomic mass is 15.1. The molecule has 0 unspecified atom stereocenters. The first kappa shape index (κ1) is 31.8. The maximum absolute atomic E-state index is 10.6. The predicted octanol–water partition coefficient (Wildman–Crippen LogP) is 13.4. The molecular formula is C52H32N4. The van der Waals surface area contributed by atoms with Crippen LogP contribution < -0.4 is 0 Å². The van der Waals surface area contributed by atoms with Gasteiger partial charge in [0.05, 0.1) is 45.1 Å². The average molecular weight is 713 g/mol. The minimum Gasteiger partial charge on any atom is -0.308 e. The van der Waals surface area contributed by atoms with E-state index in [0.29, 0.717) is 11.1 Å². The minimum absolute atomic E-state index is 0.452. The number of rotatable bonds is 5. The molecule has 0 amide bonds. The van der Waals surface area contributed by atoms with Crippen LogP contribution in [0.15, 0.2) is 182 Å². The summed E-state index contributed by atoms with van der Waals surface area (Å²) in [5.41, 5.74) is 11.4. The molecule has 0 spiro atoms. The van der Waals surface area contributed by atoms with Gasteiger partial charge in [0, 0.05) is 33.3 Å². The third kappa shape index (κ3) is 4.62. The molecule has 0 atom stereocenters. The van der Waals surface area contributed by atoms with E-state index in [2.05, 4.69) is 185 Å². The Balaban J connectivity index is 1.31. The molecule has 0 aliphatic carbocycles. The van der Waals surface area contributed by atoms with Gasteiger partial charge in [0.25, 0.3) is 0 Å². The Bertz CT molecular complexity index is 3440. The standard InChI is InChI=1S/C52H32N4/c53-31-39-23-28-49(55-45-24-21-37(33-11-3-1-4-12-33)29-42(45)50-40-17-9-7-15-35(40)19-26-47(50)55)52(44(39)32-54)56-46-25-22-38(34-13-5-2-6-14-34)30-43(46)51-41-18-10-8-16-36(41)20-27-48(51)56/h1-30,32,54H. The molecule has 1 N–H and O–H groups in total. The molecule has 260 valence electrons. The van der Waals surface area contributed by atoms with Crippen molar-refractivity contribution in [3.05, 3.63) is 193 Å². The van der Waals surface area contributed by atoms with Crippen LogP contribution in [0.4, 0.5) is 0 Å². The highest BCUT2D eigenvalue weighted by molar-refractivity contribution is 6.24. The summed E-state index contributed by atoms with van der Waals surface area (Å²) in [5.74, 6) is 0. The van der Waals surface area contributed by atoms with Crippen LogP contribution in [0.2, 0.25) is 0 Å². The van der Waals surface area contributed by atoms with Gasteiger partial charge in [0.2, 0.25) is 0 Å². The lowest BCUT2D eigenvalue weighted by atomic mass is 10.0. The van der Waals surface area contributed by atoms with Gasteiger partial charge in [-0.1, -0.05) is 133 Å². The highest BCUT2D eigenvalue weighted by Gasteiger charge is 2.25. The highest BCUT2D eigenvalue weighted by Crippen LogP contribution is 2.44. The Kier molecular flexibility index (Phi) is 7.04. The third-order valence-electron chi connectivity index (χ3n) is 11.4. The summed E-state index contributed by atoms with van der Waals surface area (Å²) in [4.78, 5) is 0. The van der Waals surface area contributed by atoms with Gasteiger partial charge >= 0.3 is 0 Å². The molecule has 0 aliphatic rings. The summed E-state index contributed by atoms with van der Waals surface area (Å²) < 4.78 is 4.63. The van der Waals surface area contributed by atoms with Crippen molar-refractivity contribution in [2.24, 2.45) is 0 Å². The molecular weight excluding hydrogens is 681 g/mol. The Morgan fingerprint density at radius 1 is 0.429 bits per heavy atom. The zero-order chi connectivity index (χ0) is 37.3. The van der Waals surface area contributed by atoms with E-state index in [1.807, 2.05) is 12.1 Å². The maximum atomic E-state index is 10.6. The van der Waals surface area contributed by atoms with Crippen molar-refractivity contribution in [2.45, 2.75) is 0 Å². The smallest absolute Gasteiger partial charge is 0.0999 e. The number of fused-ring (bicyclic) bond motifs is 10. The van der Waals surface area contributed by atoms with Crippen molar-refractivity contribution in [3.63, 3.8) is 0 Å². The normalized spacial score (nSPS) is 11.6. The number of hydrogen-bond donors (Lipinski definition) is 1. The number of benzene rings is 9. The van der Waals surface area contributed by atoms with Gasteiger partial charge in [-0.15, -0.1) is 0 Å². The van der Waals surface area contributed by atoms with Gasteiger partial charge < -0.3 is 14.5 Å². The molecule has 4 heteroatoms. The first-order valence-corrected chi connectivity index (χ1v) is 18.8. The molecule has 0 saturated carbocycles. The second-order valence-electron chi connectivity index (χ2n) is 14.4. The quantitative estimate of drug-likeness (QED) is 0.177. The molecule has 56 heavy (non-hydrogen) atoms. The van der Waals surface area contributed by atoms with Gasteiger partial charge in [-0.2, -0.15) is 5.26 Å². The van der Waals surface area contributed by atoms with Crippen LogP contribution in [0, 0.1) is 16.7 Å². The van der Waals surface area contributed by atoms with Gasteiger partial charge in [-0.3, -0.25) is 0 Å². The zero-order valence-corrected chi connectivity index (χ0v) is 30.2. The summed E-state index contributed by atoms with van der Waals surface area (Å²) in [6.45, 7) is 0. The number of aromatic nitrogens is 2. The van der Waals surface area contributed by atoms with Crippen LogP contribution in [-0.2, 0) is 0 Å². The van der Waals surface area contributed by atoms with Crippen molar-refractivity contribution in [1.29, 1.82) is 10.7 Å². The number of hydrogen-bond acceptors (Lipinski definition) is 2. The number of nitrogens with one attached hydrogen (secondary N) is 1. The van der Waals surface area contributed by atoms with Crippen LogP contribution in [0.5, 0.6) is 0 Å². The summed E-state index contributed by atoms with van der Waals surface area (Å²) in [6.07, 6.45) is 1.35. The largest absolute Gasteiger partial charge is 0.308 e. The Labute approximate surface area is 322 Å². The predicted molar refractivity (Wildman–Crippen MR) is 234 cm³/mol. The second kappa shape index (κ2) is 12.4. The second-order valence-corrected chi connectivity index (χ2v) is 14.4. The molecule has 4 nitrogen and oxygen atoms in total. The van der Waals surface area contributed by atoms with Gasteiger partial charge in [-0.05, 0) is 92.3 Å². The summed E-state index contributed by atoms with van der Waals surface area (Å²) >= 11 is 0. The van der Waals surface area contributed by atoms with E-state index in [-0.39, 0.29) is 0 Å². The molecule has 0 aliphatic heterocycles. The lowest BCUT2D eigenvalue weighted by Gasteiger charge is -2.20. The molecule has 0 saturated heterocycles. The van der Waals surface area contributed by atoms with Crippen molar-refractivity contribution in [3.8, 4) is 39.7 Å². The van der Waals surface area contributed by atoms with E-state index in [1.165, 1.54) is 22.4 Å². The van der Waals surface area contributed by atoms with E-state index in [1.54, 1.807) is 0 Å². The number of nitrogens with zero attached hydrogens (tertiary/aromatic N) is 3. The lowest BCUT2D eigenvalue weighted by molar-refractivity contribution is 1.09. The van der Waals surface area contributed by atoms with Crippen molar-refractivity contribution >= 4 is 71.4 Å². The van der Waals surface area contributed by atoms with Crippen molar-refractivity contribution < 1.29 is 0 Å². The van der Waals surface area contributed by atoms with Crippen LogP contribution in [0.3, 0.4) is 0 Å². The first-order valence-electron chi connectivity index (χ1n) is 18.8. The Morgan fingerprint density at radius 3 is 1.45 bits per heavy atom. The molecule has 2 aromatic heterocycles. The van der Waals surface area contributed by atoms with Crippen molar-refractivity contribution in [2.75, 3.05) is 0 Å². The fourth-order valence-electron chi connectivity index (χ4n) is 8.96. The molecule has 0 fully saturated rings. The maximum Gasteiger partial charge on any atom is 0.0999 e.